The van der Waals surface area contributed by atoms with Gasteiger partial charge in [-0.25, -0.2) is 9.79 Å². The SMILES string of the molecule is CCOC(=O)C1=C(C)N=c2s/c(=C/c3ccc(I)o3)c(=O)n2[C@H]1c1cccs1. The van der Waals surface area contributed by atoms with Crippen molar-refractivity contribution in [2.24, 2.45) is 4.99 Å². The average molecular weight is 526 g/mol. The first-order valence-electron chi connectivity index (χ1n) is 8.48. The minimum Gasteiger partial charge on any atom is -0.463 e. The lowest BCUT2D eigenvalue weighted by atomic mass is 10.0. The van der Waals surface area contributed by atoms with Crippen LogP contribution < -0.4 is 14.9 Å². The summed E-state index contributed by atoms with van der Waals surface area (Å²) in [4.78, 5) is 31.9. The highest BCUT2D eigenvalue weighted by atomic mass is 127. The van der Waals surface area contributed by atoms with Gasteiger partial charge in [0, 0.05) is 11.0 Å². The Hall–Kier alpha value is -1.98. The van der Waals surface area contributed by atoms with Crippen LogP contribution in [-0.4, -0.2) is 17.1 Å². The van der Waals surface area contributed by atoms with Gasteiger partial charge in [0.1, 0.15) is 11.8 Å². The van der Waals surface area contributed by atoms with Gasteiger partial charge in [-0.2, -0.15) is 0 Å². The first-order valence-corrected chi connectivity index (χ1v) is 11.3. The lowest BCUT2D eigenvalue weighted by Gasteiger charge is -2.23. The Bertz CT molecular complexity index is 1250. The maximum Gasteiger partial charge on any atom is 0.338 e. The molecular formula is C19H15IN2O4S2. The summed E-state index contributed by atoms with van der Waals surface area (Å²) >= 11 is 4.85. The Morgan fingerprint density at radius 2 is 2.25 bits per heavy atom. The van der Waals surface area contributed by atoms with Gasteiger partial charge in [-0.15, -0.1) is 11.3 Å². The number of halogens is 1. The van der Waals surface area contributed by atoms with Crippen LogP contribution in [0.4, 0.5) is 0 Å². The zero-order chi connectivity index (χ0) is 19.8. The molecule has 0 N–H and O–H groups in total. The number of ether oxygens (including phenoxy) is 1. The molecule has 1 aliphatic rings. The highest BCUT2D eigenvalue weighted by molar-refractivity contribution is 14.1. The van der Waals surface area contributed by atoms with Crippen LogP contribution in [0.1, 0.15) is 30.5 Å². The molecule has 1 aliphatic heterocycles. The van der Waals surface area contributed by atoms with Crippen molar-refractivity contribution in [3.63, 3.8) is 0 Å². The Morgan fingerprint density at radius 3 is 2.89 bits per heavy atom. The van der Waals surface area contributed by atoms with Crippen molar-refractivity contribution in [2.45, 2.75) is 19.9 Å². The van der Waals surface area contributed by atoms with Crippen molar-refractivity contribution in [2.75, 3.05) is 6.61 Å². The number of hydrogen-bond acceptors (Lipinski definition) is 7. The minimum absolute atomic E-state index is 0.206. The van der Waals surface area contributed by atoms with Gasteiger partial charge in [0.2, 0.25) is 0 Å². The summed E-state index contributed by atoms with van der Waals surface area (Å²) < 4.78 is 13.6. The number of esters is 1. The van der Waals surface area contributed by atoms with Crippen LogP contribution in [0.3, 0.4) is 0 Å². The molecular weight excluding hydrogens is 511 g/mol. The molecule has 9 heteroatoms. The summed E-state index contributed by atoms with van der Waals surface area (Å²) in [6.07, 6.45) is 1.71. The smallest absolute Gasteiger partial charge is 0.338 e. The number of rotatable bonds is 4. The number of furan rings is 1. The van der Waals surface area contributed by atoms with Crippen LogP contribution in [0, 0.1) is 3.77 Å². The Morgan fingerprint density at radius 1 is 1.43 bits per heavy atom. The number of aromatic nitrogens is 1. The standard InChI is InChI=1S/C19H15IN2O4S2/c1-3-25-18(24)15-10(2)21-19-22(16(15)12-5-4-8-27-12)17(23)13(28-19)9-11-6-7-14(20)26-11/h4-9,16H,3H2,1-2H3/b13-9+/t16-/m0/s1. The molecule has 6 nitrogen and oxygen atoms in total. The molecule has 4 heterocycles. The number of nitrogens with zero attached hydrogens (tertiary/aromatic N) is 2. The second-order valence-corrected chi connectivity index (χ2v) is 9.01. The molecule has 0 fully saturated rings. The van der Waals surface area contributed by atoms with Crippen molar-refractivity contribution < 1.29 is 13.9 Å². The van der Waals surface area contributed by atoms with E-state index in [9.17, 15) is 9.59 Å². The number of hydrogen-bond donors (Lipinski definition) is 0. The molecule has 0 amide bonds. The van der Waals surface area contributed by atoms with Gasteiger partial charge >= 0.3 is 5.97 Å². The second kappa shape index (κ2) is 7.80. The van der Waals surface area contributed by atoms with Gasteiger partial charge in [0.25, 0.3) is 5.56 Å². The highest BCUT2D eigenvalue weighted by Crippen LogP contribution is 2.33. The van der Waals surface area contributed by atoms with E-state index in [-0.39, 0.29) is 12.2 Å². The quantitative estimate of drug-likeness (QED) is 0.387. The molecule has 0 radical (unpaired) electrons. The molecule has 4 rings (SSSR count). The van der Waals surface area contributed by atoms with Crippen molar-refractivity contribution in [1.29, 1.82) is 0 Å². The van der Waals surface area contributed by atoms with E-state index in [1.807, 2.05) is 29.6 Å². The largest absolute Gasteiger partial charge is 0.463 e. The normalized spacial score (nSPS) is 16.8. The van der Waals surface area contributed by atoms with Crippen LogP contribution >= 0.6 is 45.3 Å². The Kier molecular flexibility index (Phi) is 5.39. The first kappa shape index (κ1) is 19.3. The van der Waals surface area contributed by atoms with E-state index < -0.39 is 12.0 Å². The summed E-state index contributed by atoms with van der Waals surface area (Å²) in [5.74, 6) is 0.153. The lowest BCUT2D eigenvalue weighted by molar-refractivity contribution is -0.139. The van der Waals surface area contributed by atoms with Gasteiger partial charge in [0.15, 0.2) is 8.57 Å². The van der Waals surface area contributed by atoms with Gasteiger partial charge in [-0.3, -0.25) is 9.36 Å². The van der Waals surface area contributed by atoms with Crippen LogP contribution in [0.5, 0.6) is 0 Å². The first-order chi connectivity index (χ1) is 13.5. The Balaban J connectivity index is 1.95. The molecule has 0 spiro atoms. The number of carbonyl (C=O) groups is 1. The molecule has 0 unspecified atom stereocenters. The zero-order valence-corrected chi connectivity index (χ0v) is 18.8. The minimum atomic E-state index is -0.547. The third-order valence-corrected chi connectivity index (χ3v) is 6.68. The fourth-order valence-corrected chi connectivity index (χ4v) is 5.33. The third-order valence-electron chi connectivity index (χ3n) is 4.20. The summed E-state index contributed by atoms with van der Waals surface area (Å²) in [7, 11) is 0. The fourth-order valence-electron chi connectivity index (χ4n) is 3.04. The number of allylic oxidation sites excluding steroid dienone is 1. The maximum absolute atomic E-state index is 13.2. The molecule has 3 aromatic rings. The van der Waals surface area contributed by atoms with Gasteiger partial charge < -0.3 is 9.15 Å². The van der Waals surface area contributed by atoms with E-state index in [0.29, 0.717) is 26.4 Å². The molecule has 144 valence electrons. The average Bonchev–Trinajstić information content (AvgIpc) is 3.37. The molecule has 0 saturated heterocycles. The van der Waals surface area contributed by atoms with E-state index >= 15 is 0 Å². The third kappa shape index (κ3) is 3.42. The van der Waals surface area contributed by atoms with E-state index in [0.717, 1.165) is 8.64 Å². The van der Waals surface area contributed by atoms with E-state index in [1.165, 1.54) is 22.7 Å². The van der Waals surface area contributed by atoms with Crippen LogP contribution in [-0.2, 0) is 9.53 Å². The lowest BCUT2D eigenvalue weighted by Crippen LogP contribution is -2.39. The maximum atomic E-state index is 13.2. The molecule has 0 saturated carbocycles. The number of thiophene rings is 1. The van der Waals surface area contributed by atoms with Crippen molar-refractivity contribution in [1.82, 2.24) is 4.57 Å². The molecule has 0 aliphatic carbocycles. The van der Waals surface area contributed by atoms with Crippen LogP contribution in [0.2, 0.25) is 0 Å². The van der Waals surface area contributed by atoms with Crippen molar-refractivity contribution >= 4 is 57.3 Å². The molecule has 1 atom stereocenters. The number of carbonyl (C=O) groups excluding carboxylic acids is 1. The van der Waals surface area contributed by atoms with Crippen molar-refractivity contribution in [3.8, 4) is 0 Å². The van der Waals surface area contributed by atoms with E-state index in [4.69, 9.17) is 9.15 Å². The summed E-state index contributed by atoms with van der Waals surface area (Å²) in [6, 6.07) is 6.92. The highest BCUT2D eigenvalue weighted by Gasteiger charge is 2.33. The van der Waals surface area contributed by atoms with E-state index in [1.54, 1.807) is 24.5 Å². The van der Waals surface area contributed by atoms with Gasteiger partial charge in [0.05, 0.1) is 22.4 Å². The predicted molar refractivity (Wildman–Crippen MR) is 116 cm³/mol. The zero-order valence-electron chi connectivity index (χ0n) is 15.0. The molecule has 0 aromatic carbocycles. The predicted octanol–water partition coefficient (Wildman–Crippen LogP) is 3.06. The molecule has 3 aromatic heterocycles. The monoisotopic (exact) mass is 526 g/mol. The summed E-state index contributed by atoms with van der Waals surface area (Å²) in [5, 5.41) is 1.92. The molecule has 0 bridgehead atoms. The van der Waals surface area contributed by atoms with Crippen LogP contribution in [0.15, 0.2) is 55.1 Å². The summed E-state index contributed by atoms with van der Waals surface area (Å²) in [6.45, 7) is 3.79. The van der Waals surface area contributed by atoms with Gasteiger partial charge in [-0.05, 0) is 60.0 Å². The van der Waals surface area contributed by atoms with Crippen LogP contribution in [0.25, 0.3) is 6.08 Å². The van der Waals surface area contributed by atoms with E-state index in [2.05, 4.69) is 27.6 Å². The number of thiazole rings is 1. The second-order valence-electron chi connectivity index (χ2n) is 5.96. The topological polar surface area (TPSA) is 73.8 Å². The summed E-state index contributed by atoms with van der Waals surface area (Å²) in [5.41, 5.74) is 0.760. The Labute approximate surface area is 181 Å². The van der Waals surface area contributed by atoms with Crippen molar-refractivity contribution in [3.05, 3.63) is 75.0 Å². The fraction of sp³-hybridized carbons (Fsp3) is 0.211. The molecule has 28 heavy (non-hydrogen) atoms. The number of fused-ring (bicyclic) bond motifs is 1. The van der Waals surface area contributed by atoms with Gasteiger partial charge in [-0.1, -0.05) is 17.4 Å².